The Hall–Kier alpha value is -2.90. The summed E-state index contributed by atoms with van der Waals surface area (Å²) in [5, 5.41) is 20.0. The molecule has 0 unspecified atom stereocenters. The third-order valence-electron chi connectivity index (χ3n) is 3.64. The van der Waals surface area contributed by atoms with Crippen LogP contribution in [0.1, 0.15) is 29.0 Å². The Morgan fingerprint density at radius 2 is 2.12 bits per heavy atom. The first-order valence-electron chi connectivity index (χ1n) is 7.64. The number of aromatic nitrogens is 1. The summed E-state index contributed by atoms with van der Waals surface area (Å²) in [6, 6.07) is 5.87. The lowest BCUT2D eigenvalue weighted by molar-refractivity contribution is -0.384. The van der Waals surface area contributed by atoms with Gasteiger partial charge in [-0.25, -0.2) is 4.79 Å². The molecule has 0 atom stereocenters. The van der Waals surface area contributed by atoms with E-state index in [1.807, 2.05) is 13.8 Å². The second kappa shape index (κ2) is 8.09. The third-order valence-corrected chi connectivity index (χ3v) is 3.64. The molecular formula is C16H20N4O4. The van der Waals surface area contributed by atoms with Gasteiger partial charge in [-0.1, -0.05) is 17.3 Å². The van der Waals surface area contributed by atoms with Crippen molar-refractivity contribution in [2.24, 2.45) is 0 Å². The summed E-state index contributed by atoms with van der Waals surface area (Å²) >= 11 is 0. The number of hydrogen-bond acceptors (Lipinski definition) is 5. The SMILES string of the molecule is Cc1noc(C)c1CCCNC(=O)NCc1cccc([N+](=O)[O-])c1. The molecule has 0 saturated heterocycles. The molecule has 1 aromatic carbocycles. The van der Waals surface area contributed by atoms with Gasteiger partial charge in [-0.05, 0) is 32.3 Å². The predicted molar refractivity (Wildman–Crippen MR) is 87.6 cm³/mol. The summed E-state index contributed by atoms with van der Waals surface area (Å²) in [7, 11) is 0. The van der Waals surface area contributed by atoms with Crippen molar-refractivity contribution in [3.63, 3.8) is 0 Å². The molecule has 0 fully saturated rings. The van der Waals surface area contributed by atoms with Crippen molar-refractivity contribution >= 4 is 11.7 Å². The van der Waals surface area contributed by atoms with Gasteiger partial charge in [-0.15, -0.1) is 0 Å². The van der Waals surface area contributed by atoms with Crippen LogP contribution in [0, 0.1) is 24.0 Å². The Kier molecular flexibility index (Phi) is 5.89. The Balaban J connectivity index is 1.70. The van der Waals surface area contributed by atoms with Crippen LogP contribution in [-0.2, 0) is 13.0 Å². The minimum absolute atomic E-state index is 0.00849. The number of hydrogen-bond donors (Lipinski definition) is 2. The van der Waals surface area contributed by atoms with Crippen molar-refractivity contribution in [2.45, 2.75) is 33.2 Å². The molecule has 0 spiro atoms. The molecule has 0 radical (unpaired) electrons. The van der Waals surface area contributed by atoms with Crippen LogP contribution >= 0.6 is 0 Å². The topological polar surface area (TPSA) is 110 Å². The number of urea groups is 1. The van der Waals surface area contributed by atoms with Crippen molar-refractivity contribution in [3.05, 3.63) is 57.0 Å². The number of nitrogens with one attached hydrogen (secondary N) is 2. The predicted octanol–water partition coefficient (Wildman–Crippen LogP) is 2.63. The van der Waals surface area contributed by atoms with Crippen molar-refractivity contribution in [1.29, 1.82) is 0 Å². The van der Waals surface area contributed by atoms with Crippen molar-refractivity contribution in [3.8, 4) is 0 Å². The average molecular weight is 332 g/mol. The zero-order chi connectivity index (χ0) is 17.5. The lowest BCUT2D eigenvalue weighted by Gasteiger charge is -2.07. The molecule has 8 nitrogen and oxygen atoms in total. The van der Waals surface area contributed by atoms with E-state index < -0.39 is 4.92 Å². The monoisotopic (exact) mass is 332 g/mol. The summed E-state index contributed by atoms with van der Waals surface area (Å²) in [5.41, 5.74) is 2.64. The number of amides is 2. The van der Waals surface area contributed by atoms with E-state index in [1.165, 1.54) is 12.1 Å². The number of nitro groups is 1. The molecule has 128 valence electrons. The van der Waals surface area contributed by atoms with Crippen LogP contribution in [0.15, 0.2) is 28.8 Å². The highest BCUT2D eigenvalue weighted by molar-refractivity contribution is 5.73. The van der Waals surface area contributed by atoms with Gasteiger partial charge in [0.25, 0.3) is 5.69 Å². The molecule has 2 rings (SSSR count). The fourth-order valence-electron chi connectivity index (χ4n) is 2.35. The highest BCUT2D eigenvalue weighted by Gasteiger charge is 2.09. The zero-order valence-electron chi connectivity index (χ0n) is 13.7. The molecule has 1 aromatic heterocycles. The second-order valence-electron chi connectivity index (χ2n) is 5.44. The second-order valence-corrected chi connectivity index (χ2v) is 5.44. The molecule has 2 aromatic rings. The first kappa shape index (κ1) is 17.5. The molecule has 24 heavy (non-hydrogen) atoms. The summed E-state index contributed by atoms with van der Waals surface area (Å²) in [6.45, 7) is 4.52. The standard InChI is InChI=1S/C16H20N4O4/c1-11-15(12(2)24-19-11)7-4-8-17-16(21)18-10-13-5-3-6-14(9-13)20(22)23/h3,5-6,9H,4,7-8,10H2,1-2H3,(H2,17,18,21). The van der Waals surface area contributed by atoms with Crippen LogP contribution < -0.4 is 10.6 Å². The van der Waals surface area contributed by atoms with Gasteiger partial charge in [0.15, 0.2) is 0 Å². The summed E-state index contributed by atoms with van der Waals surface area (Å²) < 4.78 is 5.09. The van der Waals surface area contributed by atoms with E-state index in [-0.39, 0.29) is 18.3 Å². The fraction of sp³-hybridized carbons (Fsp3) is 0.375. The van der Waals surface area contributed by atoms with Gasteiger partial charge in [0.1, 0.15) is 5.76 Å². The van der Waals surface area contributed by atoms with Crippen LogP contribution in [0.25, 0.3) is 0 Å². The minimum atomic E-state index is -0.460. The number of benzene rings is 1. The van der Waals surface area contributed by atoms with E-state index in [9.17, 15) is 14.9 Å². The number of carbonyl (C=O) groups excluding carboxylic acids is 1. The maximum Gasteiger partial charge on any atom is 0.315 e. The number of carbonyl (C=O) groups is 1. The lowest BCUT2D eigenvalue weighted by Crippen LogP contribution is -2.35. The summed E-state index contributed by atoms with van der Waals surface area (Å²) in [4.78, 5) is 22.0. The maximum absolute atomic E-state index is 11.7. The normalized spacial score (nSPS) is 10.4. The van der Waals surface area contributed by atoms with Crippen LogP contribution in [0.5, 0.6) is 0 Å². The lowest BCUT2D eigenvalue weighted by atomic mass is 10.1. The molecule has 2 amide bonds. The first-order valence-corrected chi connectivity index (χ1v) is 7.64. The Morgan fingerprint density at radius 3 is 2.79 bits per heavy atom. The minimum Gasteiger partial charge on any atom is -0.361 e. The van der Waals surface area contributed by atoms with E-state index in [4.69, 9.17) is 4.52 Å². The van der Waals surface area contributed by atoms with Crippen LogP contribution in [0.2, 0.25) is 0 Å². The molecule has 0 aliphatic carbocycles. The van der Waals surface area contributed by atoms with Gasteiger partial charge < -0.3 is 15.2 Å². The van der Waals surface area contributed by atoms with Gasteiger partial charge in [0.2, 0.25) is 0 Å². The summed E-state index contributed by atoms with van der Waals surface area (Å²) in [6.07, 6.45) is 1.56. The highest BCUT2D eigenvalue weighted by Crippen LogP contribution is 2.14. The third kappa shape index (κ3) is 4.80. The number of aryl methyl sites for hydroxylation is 2. The first-order chi connectivity index (χ1) is 11.5. The molecule has 8 heteroatoms. The summed E-state index contributed by atoms with van der Waals surface area (Å²) in [5.74, 6) is 0.808. The molecule has 0 bridgehead atoms. The largest absolute Gasteiger partial charge is 0.361 e. The average Bonchev–Trinajstić information content (AvgIpc) is 2.88. The Morgan fingerprint density at radius 1 is 1.33 bits per heavy atom. The van der Waals surface area contributed by atoms with Gasteiger partial charge >= 0.3 is 6.03 Å². The van der Waals surface area contributed by atoms with Crippen molar-refractivity contribution in [1.82, 2.24) is 15.8 Å². The van der Waals surface area contributed by atoms with Crippen molar-refractivity contribution < 1.29 is 14.2 Å². The van der Waals surface area contributed by atoms with Gasteiger partial charge in [-0.2, -0.15) is 0 Å². The van der Waals surface area contributed by atoms with Gasteiger partial charge in [0.05, 0.1) is 10.6 Å². The molecule has 1 heterocycles. The van der Waals surface area contributed by atoms with E-state index in [0.29, 0.717) is 12.1 Å². The number of nitro benzene ring substituents is 1. The molecule has 0 aliphatic rings. The Bertz CT molecular complexity index is 707. The van der Waals surface area contributed by atoms with Crippen LogP contribution in [0.3, 0.4) is 0 Å². The van der Waals surface area contributed by atoms with E-state index in [2.05, 4.69) is 15.8 Å². The number of rotatable bonds is 7. The smallest absolute Gasteiger partial charge is 0.315 e. The van der Waals surface area contributed by atoms with E-state index in [1.54, 1.807) is 12.1 Å². The maximum atomic E-state index is 11.7. The molecule has 0 saturated carbocycles. The fourth-order valence-corrected chi connectivity index (χ4v) is 2.35. The molecular weight excluding hydrogens is 312 g/mol. The van der Waals surface area contributed by atoms with E-state index >= 15 is 0 Å². The molecule has 2 N–H and O–H groups in total. The number of nitrogens with zero attached hydrogens (tertiary/aromatic N) is 2. The van der Waals surface area contributed by atoms with Gasteiger partial charge in [-0.3, -0.25) is 10.1 Å². The van der Waals surface area contributed by atoms with Gasteiger partial charge in [0, 0.05) is 30.8 Å². The Labute approximate surface area is 139 Å². The van der Waals surface area contributed by atoms with Crippen LogP contribution in [0.4, 0.5) is 10.5 Å². The molecule has 0 aliphatic heterocycles. The zero-order valence-corrected chi connectivity index (χ0v) is 13.7. The van der Waals surface area contributed by atoms with E-state index in [0.717, 1.165) is 29.9 Å². The van der Waals surface area contributed by atoms with Crippen LogP contribution in [-0.4, -0.2) is 22.7 Å². The quantitative estimate of drug-likeness (QED) is 0.460. The van der Waals surface area contributed by atoms with Crippen molar-refractivity contribution in [2.75, 3.05) is 6.54 Å². The highest BCUT2D eigenvalue weighted by atomic mass is 16.6. The number of non-ortho nitro benzene ring substituents is 1.